The fourth-order valence-corrected chi connectivity index (χ4v) is 2.73. The molecule has 2 aromatic rings. The molecule has 5 heteroatoms. The first-order valence-corrected chi connectivity index (χ1v) is 7.06. The van der Waals surface area contributed by atoms with E-state index in [0.717, 1.165) is 5.56 Å². The Morgan fingerprint density at radius 3 is 1.85 bits per heavy atom. The summed E-state index contributed by atoms with van der Waals surface area (Å²) in [6.07, 6.45) is 0. The number of rotatable bonds is 3. The molecule has 0 amide bonds. The van der Waals surface area contributed by atoms with Crippen molar-refractivity contribution in [2.75, 3.05) is 0 Å². The van der Waals surface area contributed by atoms with E-state index in [1.807, 2.05) is 48.5 Å². The quantitative estimate of drug-likeness (QED) is 0.365. The molecule has 0 unspecified atom stereocenters. The maximum Gasteiger partial charge on any atom is 0.203 e. The van der Waals surface area contributed by atoms with Gasteiger partial charge in [-0.25, -0.2) is 0 Å². The van der Waals surface area contributed by atoms with Crippen molar-refractivity contribution in [1.82, 2.24) is 0 Å². The fraction of sp³-hybridized carbons (Fsp3) is 0.133. The molecule has 0 saturated carbocycles. The molecule has 2 aromatic carbocycles. The smallest absolute Gasteiger partial charge is 0.203 e. The molecule has 2 nitrogen and oxygen atoms in total. The number of alkyl halides is 3. The molecule has 1 atom stereocenters. The van der Waals surface area contributed by atoms with Crippen LogP contribution in [0.15, 0.2) is 65.8 Å². The number of nitrogens with zero attached hydrogens (tertiary/aromatic N) is 1. The van der Waals surface area contributed by atoms with Crippen LogP contribution in [0.2, 0.25) is 0 Å². The van der Waals surface area contributed by atoms with Crippen molar-refractivity contribution >= 4 is 40.5 Å². The Kier molecular flexibility index (Phi) is 4.92. The third-order valence-corrected chi connectivity index (χ3v) is 3.57. The standard InChI is InChI=1S/C15H12Cl3NO/c16-15(17,18)13(11-7-3-1-4-8-11)14(19-20)12-9-5-2-6-10-12/h1-10,13,20H/b19-14-/t13-/m0/s1. The van der Waals surface area contributed by atoms with Crippen LogP contribution in [0.3, 0.4) is 0 Å². The third kappa shape index (κ3) is 3.45. The molecular weight excluding hydrogens is 317 g/mol. The summed E-state index contributed by atoms with van der Waals surface area (Å²) in [4.78, 5) is 0. The molecule has 0 heterocycles. The third-order valence-electron chi connectivity index (χ3n) is 2.91. The van der Waals surface area contributed by atoms with Crippen molar-refractivity contribution in [2.24, 2.45) is 5.16 Å². The van der Waals surface area contributed by atoms with Crippen LogP contribution in [0.5, 0.6) is 0 Å². The van der Waals surface area contributed by atoms with Gasteiger partial charge in [0, 0.05) is 5.56 Å². The van der Waals surface area contributed by atoms with Crippen LogP contribution >= 0.6 is 34.8 Å². The normalized spacial score (nSPS) is 14.1. The van der Waals surface area contributed by atoms with Gasteiger partial charge in [0.15, 0.2) is 0 Å². The van der Waals surface area contributed by atoms with Crippen LogP contribution in [0.4, 0.5) is 0 Å². The van der Waals surface area contributed by atoms with Gasteiger partial charge in [-0.3, -0.25) is 0 Å². The highest BCUT2D eigenvalue weighted by molar-refractivity contribution is 6.69. The second-order valence-corrected chi connectivity index (χ2v) is 6.61. The number of benzene rings is 2. The highest BCUT2D eigenvalue weighted by Crippen LogP contribution is 2.43. The van der Waals surface area contributed by atoms with Crippen molar-refractivity contribution in [2.45, 2.75) is 9.71 Å². The summed E-state index contributed by atoms with van der Waals surface area (Å²) in [5, 5.41) is 12.8. The van der Waals surface area contributed by atoms with Gasteiger partial charge in [0.1, 0.15) is 0 Å². The molecule has 0 bridgehead atoms. The van der Waals surface area contributed by atoms with Crippen molar-refractivity contribution in [1.29, 1.82) is 0 Å². The summed E-state index contributed by atoms with van der Waals surface area (Å²) in [7, 11) is 0. The van der Waals surface area contributed by atoms with Gasteiger partial charge in [0.25, 0.3) is 0 Å². The lowest BCUT2D eigenvalue weighted by molar-refractivity contribution is 0.317. The highest BCUT2D eigenvalue weighted by atomic mass is 35.6. The minimum absolute atomic E-state index is 0.316. The fourth-order valence-electron chi connectivity index (χ4n) is 2.04. The Hall–Kier alpha value is -1.22. The van der Waals surface area contributed by atoms with Gasteiger partial charge in [-0.15, -0.1) is 0 Å². The number of hydrogen-bond acceptors (Lipinski definition) is 2. The van der Waals surface area contributed by atoms with Crippen molar-refractivity contribution < 1.29 is 5.21 Å². The minimum atomic E-state index is -1.63. The average Bonchev–Trinajstić information content (AvgIpc) is 2.45. The molecule has 0 radical (unpaired) electrons. The zero-order valence-corrected chi connectivity index (χ0v) is 12.6. The summed E-state index contributed by atoms with van der Waals surface area (Å²) < 4.78 is -1.63. The van der Waals surface area contributed by atoms with Gasteiger partial charge >= 0.3 is 0 Å². The Morgan fingerprint density at radius 2 is 1.40 bits per heavy atom. The van der Waals surface area contributed by atoms with Gasteiger partial charge in [-0.1, -0.05) is 101 Å². The first kappa shape index (κ1) is 15.2. The van der Waals surface area contributed by atoms with E-state index in [9.17, 15) is 5.21 Å². The highest BCUT2D eigenvalue weighted by Gasteiger charge is 2.38. The molecular formula is C15H12Cl3NO. The minimum Gasteiger partial charge on any atom is -0.411 e. The van der Waals surface area contributed by atoms with Crippen LogP contribution in [-0.4, -0.2) is 14.7 Å². The predicted octanol–water partition coefficient (Wildman–Crippen LogP) is 5.02. The van der Waals surface area contributed by atoms with Crippen LogP contribution in [-0.2, 0) is 0 Å². The lowest BCUT2D eigenvalue weighted by Gasteiger charge is -2.25. The van der Waals surface area contributed by atoms with E-state index in [-0.39, 0.29) is 0 Å². The lowest BCUT2D eigenvalue weighted by atomic mass is 9.91. The van der Waals surface area contributed by atoms with E-state index in [1.54, 1.807) is 12.1 Å². The number of hydrogen-bond donors (Lipinski definition) is 1. The van der Waals surface area contributed by atoms with E-state index in [2.05, 4.69) is 5.16 Å². The molecule has 0 saturated heterocycles. The van der Waals surface area contributed by atoms with Gasteiger partial charge in [0.2, 0.25) is 3.79 Å². The number of oxime groups is 1. The first-order chi connectivity index (χ1) is 9.54. The Bertz CT molecular complexity index is 579. The zero-order valence-electron chi connectivity index (χ0n) is 10.4. The van der Waals surface area contributed by atoms with E-state index in [1.165, 1.54) is 0 Å². The SMILES string of the molecule is O/N=C(/c1ccccc1)[C@H](c1ccccc1)C(Cl)(Cl)Cl. The van der Waals surface area contributed by atoms with E-state index >= 15 is 0 Å². The van der Waals surface area contributed by atoms with Gasteiger partial charge < -0.3 is 5.21 Å². The van der Waals surface area contributed by atoms with Crippen LogP contribution < -0.4 is 0 Å². The molecule has 0 aliphatic carbocycles. The van der Waals surface area contributed by atoms with Crippen LogP contribution in [0, 0.1) is 0 Å². The summed E-state index contributed by atoms with van der Waals surface area (Å²) in [5.74, 6) is -0.666. The summed E-state index contributed by atoms with van der Waals surface area (Å²) in [6, 6.07) is 18.4. The van der Waals surface area contributed by atoms with Gasteiger partial charge in [-0.05, 0) is 5.56 Å². The molecule has 2 rings (SSSR count). The van der Waals surface area contributed by atoms with Crippen molar-refractivity contribution in [3.05, 3.63) is 71.8 Å². The van der Waals surface area contributed by atoms with Crippen molar-refractivity contribution in [3.63, 3.8) is 0 Å². The number of halogens is 3. The molecule has 1 N–H and O–H groups in total. The van der Waals surface area contributed by atoms with Crippen molar-refractivity contribution in [3.8, 4) is 0 Å². The zero-order chi connectivity index (χ0) is 14.6. The lowest BCUT2D eigenvalue weighted by Crippen LogP contribution is -2.26. The Balaban J connectivity index is 2.52. The second kappa shape index (κ2) is 6.49. The largest absolute Gasteiger partial charge is 0.411 e. The molecule has 0 aromatic heterocycles. The second-order valence-electron chi connectivity index (χ2n) is 4.24. The molecule has 0 aliphatic heterocycles. The van der Waals surface area contributed by atoms with Gasteiger partial charge in [-0.2, -0.15) is 0 Å². The maximum atomic E-state index is 9.39. The molecule has 0 aliphatic rings. The average molecular weight is 329 g/mol. The van der Waals surface area contributed by atoms with E-state index in [4.69, 9.17) is 34.8 Å². The van der Waals surface area contributed by atoms with Gasteiger partial charge in [0.05, 0.1) is 11.6 Å². The van der Waals surface area contributed by atoms with Crippen LogP contribution in [0.25, 0.3) is 0 Å². The van der Waals surface area contributed by atoms with Crippen LogP contribution in [0.1, 0.15) is 17.0 Å². The summed E-state index contributed by atoms with van der Waals surface area (Å²) in [5.41, 5.74) is 1.79. The maximum absolute atomic E-state index is 9.39. The Morgan fingerprint density at radius 1 is 0.900 bits per heavy atom. The van der Waals surface area contributed by atoms with E-state index in [0.29, 0.717) is 11.3 Å². The molecule has 0 spiro atoms. The summed E-state index contributed by atoms with van der Waals surface area (Å²) >= 11 is 18.3. The van der Waals surface area contributed by atoms with E-state index < -0.39 is 9.71 Å². The molecule has 104 valence electrons. The topological polar surface area (TPSA) is 32.6 Å². The Labute approximate surface area is 132 Å². The monoisotopic (exact) mass is 327 g/mol. The molecule has 0 fully saturated rings. The first-order valence-electron chi connectivity index (χ1n) is 5.93. The summed E-state index contributed by atoms with van der Waals surface area (Å²) in [6.45, 7) is 0. The molecule has 20 heavy (non-hydrogen) atoms. The predicted molar refractivity (Wildman–Crippen MR) is 84.2 cm³/mol.